The van der Waals surface area contributed by atoms with Gasteiger partial charge in [0.15, 0.2) is 17.5 Å². The minimum Gasteiger partial charge on any atom is -0.493 e. The molecule has 3 N–H and O–H groups in total. The Labute approximate surface area is 157 Å². The van der Waals surface area contributed by atoms with Gasteiger partial charge in [-0.15, -0.1) is 0 Å². The molecule has 1 heterocycles. The number of likely N-dealkylation sites (tertiary alicyclic amines) is 1. The molecule has 0 radical (unpaired) electrons. The van der Waals surface area contributed by atoms with Gasteiger partial charge < -0.3 is 20.5 Å². The standard InChI is InChI=1S/C20H34N4O2/c1-15-7-6-10-24(13-15)20(2,3)14-23-19(21)22-12-16-8-9-17(25-4)18(11-16)26-5/h8-9,11,15H,6-7,10,12-14H2,1-5H3,(H3,21,22,23). The van der Waals surface area contributed by atoms with Gasteiger partial charge in [-0.2, -0.15) is 0 Å². The lowest BCUT2D eigenvalue weighted by Crippen LogP contribution is -2.55. The molecule has 146 valence electrons. The number of piperidine rings is 1. The Bertz CT molecular complexity index is 616. The van der Waals surface area contributed by atoms with Gasteiger partial charge in [0.05, 0.1) is 20.8 Å². The number of nitrogens with two attached hydrogens (primary N) is 1. The molecule has 0 bridgehead atoms. The van der Waals surface area contributed by atoms with Crippen LogP contribution in [0.1, 0.15) is 39.2 Å². The first kappa shape index (κ1) is 20.4. The Kier molecular flexibility index (Phi) is 7.14. The molecule has 1 aromatic carbocycles. The van der Waals surface area contributed by atoms with Crippen LogP contribution in [0.4, 0.5) is 0 Å². The Morgan fingerprint density at radius 2 is 2.04 bits per heavy atom. The van der Waals surface area contributed by atoms with Crippen LogP contribution in [0.2, 0.25) is 0 Å². The zero-order valence-corrected chi connectivity index (χ0v) is 16.8. The molecule has 1 aliphatic heterocycles. The highest BCUT2D eigenvalue weighted by molar-refractivity contribution is 5.77. The van der Waals surface area contributed by atoms with Crippen molar-refractivity contribution in [3.05, 3.63) is 23.8 Å². The SMILES string of the molecule is COc1ccc(CN=C(N)NCC(C)(C)N2CCCC(C)C2)cc1OC. The largest absolute Gasteiger partial charge is 0.493 e. The maximum atomic E-state index is 6.08. The second-order valence-corrected chi connectivity index (χ2v) is 7.75. The van der Waals surface area contributed by atoms with Crippen molar-refractivity contribution < 1.29 is 9.47 Å². The van der Waals surface area contributed by atoms with Crippen LogP contribution < -0.4 is 20.5 Å². The Morgan fingerprint density at radius 3 is 2.69 bits per heavy atom. The predicted octanol–water partition coefficient (Wildman–Crippen LogP) is 2.62. The Morgan fingerprint density at radius 1 is 1.31 bits per heavy atom. The molecule has 1 fully saturated rings. The van der Waals surface area contributed by atoms with Crippen LogP contribution in [0.3, 0.4) is 0 Å². The molecule has 1 atom stereocenters. The van der Waals surface area contributed by atoms with E-state index in [0.29, 0.717) is 24.0 Å². The molecule has 0 saturated carbocycles. The fourth-order valence-electron chi connectivity index (χ4n) is 3.37. The maximum absolute atomic E-state index is 6.08. The average molecular weight is 363 g/mol. The third kappa shape index (κ3) is 5.53. The summed E-state index contributed by atoms with van der Waals surface area (Å²) in [5.74, 6) is 2.65. The minimum absolute atomic E-state index is 0.0537. The highest BCUT2D eigenvalue weighted by Crippen LogP contribution is 2.27. The number of methoxy groups -OCH3 is 2. The molecule has 6 heteroatoms. The minimum atomic E-state index is 0.0537. The molecule has 2 rings (SSSR count). The van der Waals surface area contributed by atoms with Crippen LogP contribution in [0.15, 0.2) is 23.2 Å². The van der Waals surface area contributed by atoms with Gasteiger partial charge in [-0.1, -0.05) is 13.0 Å². The predicted molar refractivity (Wildman–Crippen MR) is 107 cm³/mol. The summed E-state index contributed by atoms with van der Waals surface area (Å²) < 4.78 is 10.6. The Balaban J connectivity index is 1.89. The summed E-state index contributed by atoms with van der Waals surface area (Å²) in [5, 5.41) is 3.29. The lowest BCUT2D eigenvalue weighted by atomic mass is 9.93. The fraction of sp³-hybridized carbons (Fsp3) is 0.650. The molecule has 1 unspecified atom stereocenters. The summed E-state index contributed by atoms with van der Waals surface area (Å²) in [5.41, 5.74) is 7.15. The normalized spacial score (nSPS) is 19.3. The topological polar surface area (TPSA) is 72.1 Å². The molecular formula is C20H34N4O2. The van der Waals surface area contributed by atoms with Crippen LogP contribution in [-0.4, -0.2) is 50.3 Å². The van der Waals surface area contributed by atoms with Crippen molar-refractivity contribution in [2.75, 3.05) is 33.9 Å². The van der Waals surface area contributed by atoms with E-state index in [2.05, 4.69) is 36.0 Å². The van der Waals surface area contributed by atoms with Crippen molar-refractivity contribution in [1.29, 1.82) is 0 Å². The van der Waals surface area contributed by atoms with Gasteiger partial charge in [0.1, 0.15) is 0 Å². The van der Waals surface area contributed by atoms with E-state index in [-0.39, 0.29) is 5.54 Å². The van der Waals surface area contributed by atoms with Crippen LogP contribution in [0.5, 0.6) is 11.5 Å². The van der Waals surface area contributed by atoms with E-state index >= 15 is 0 Å². The molecule has 26 heavy (non-hydrogen) atoms. The average Bonchev–Trinajstić information content (AvgIpc) is 2.64. The number of hydrogen-bond donors (Lipinski definition) is 2. The second-order valence-electron chi connectivity index (χ2n) is 7.75. The zero-order chi connectivity index (χ0) is 19.2. The van der Waals surface area contributed by atoms with Crippen molar-refractivity contribution in [2.45, 2.75) is 45.7 Å². The smallest absolute Gasteiger partial charge is 0.188 e. The number of ether oxygens (including phenoxy) is 2. The van der Waals surface area contributed by atoms with E-state index < -0.39 is 0 Å². The van der Waals surface area contributed by atoms with Crippen molar-refractivity contribution in [3.63, 3.8) is 0 Å². The van der Waals surface area contributed by atoms with E-state index in [0.717, 1.165) is 31.1 Å². The number of aliphatic imine (C=N–C) groups is 1. The number of nitrogens with one attached hydrogen (secondary N) is 1. The number of hydrogen-bond acceptors (Lipinski definition) is 4. The Hall–Kier alpha value is -1.95. The van der Waals surface area contributed by atoms with Gasteiger partial charge in [0, 0.05) is 18.6 Å². The molecule has 1 saturated heterocycles. The molecule has 0 spiro atoms. The van der Waals surface area contributed by atoms with E-state index in [1.54, 1.807) is 14.2 Å². The van der Waals surface area contributed by atoms with Crippen molar-refractivity contribution in [3.8, 4) is 11.5 Å². The quantitative estimate of drug-likeness (QED) is 0.576. The first-order valence-corrected chi connectivity index (χ1v) is 9.35. The number of guanidine groups is 1. The van der Waals surface area contributed by atoms with E-state index in [1.165, 1.54) is 12.8 Å². The van der Waals surface area contributed by atoms with Crippen molar-refractivity contribution in [2.24, 2.45) is 16.6 Å². The fourth-order valence-corrected chi connectivity index (χ4v) is 3.37. The number of nitrogens with zero attached hydrogens (tertiary/aromatic N) is 2. The molecule has 1 aliphatic rings. The van der Waals surface area contributed by atoms with Crippen LogP contribution in [-0.2, 0) is 6.54 Å². The summed E-state index contributed by atoms with van der Waals surface area (Å²) in [7, 11) is 3.26. The molecule has 1 aromatic rings. The molecule has 0 aliphatic carbocycles. The highest BCUT2D eigenvalue weighted by Gasteiger charge is 2.29. The second kappa shape index (κ2) is 9.12. The summed E-state index contributed by atoms with van der Waals surface area (Å²) in [6, 6.07) is 5.78. The van der Waals surface area contributed by atoms with Crippen LogP contribution in [0, 0.1) is 5.92 Å². The molecule has 6 nitrogen and oxygen atoms in total. The first-order chi connectivity index (χ1) is 12.4. The number of benzene rings is 1. The van der Waals surface area contributed by atoms with Crippen molar-refractivity contribution >= 4 is 5.96 Å². The lowest BCUT2D eigenvalue weighted by Gasteiger charge is -2.43. The van der Waals surface area contributed by atoms with Gasteiger partial charge in [-0.3, -0.25) is 4.90 Å². The van der Waals surface area contributed by atoms with E-state index in [9.17, 15) is 0 Å². The van der Waals surface area contributed by atoms with Crippen LogP contribution >= 0.6 is 0 Å². The summed E-state index contributed by atoms with van der Waals surface area (Å²) in [6.45, 7) is 10.4. The number of rotatable bonds is 7. The van der Waals surface area contributed by atoms with Gasteiger partial charge in [-0.25, -0.2) is 4.99 Å². The van der Waals surface area contributed by atoms with E-state index in [4.69, 9.17) is 15.2 Å². The zero-order valence-electron chi connectivity index (χ0n) is 16.8. The van der Waals surface area contributed by atoms with Gasteiger partial charge in [-0.05, 0) is 56.8 Å². The monoisotopic (exact) mass is 362 g/mol. The van der Waals surface area contributed by atoms with Gasteiger partial charge >= 0.3 is 0 Å². The van der Waals surface area contributed by atoms with Gasteiger partial charge in [0.2, 0.25) is 0 Å². The van der Waals surface area contributed by atoms with E-state index in [1.807, 2.05) is 18.2 Å². The molecule has 0 amide bonds. The third-order valence-corrected chi connectivity index (χ3v) is 5.10. The third-order valence-electron chi connectivity index (χ3n) is 5.10. The van der Waals surface area contributed by atoms with Crippen molar-refractivity contribution in [1.82, 2.24) is 10.2 Å². The molecular weight excluding hydrogens is 328 g/mol. The van der Waals surface area contributed by atoms with Crippen LogP contribution in [0.25, 0.3) is 0 Å². The summed E-state index contributed by atoms with van der Waals surface area (Å²) in [6.07, 6.45) is 2.60. The first-order valence-electron chi connectivity index (χ1n) is 9.35. The summed E-state index contributed by atoms with van der Waals surface area (Å²) >= 11 is 0. The van der Waals surface area contributed by atoms with Gasteiger partial charge in [0.25, 0.3) is 0 Å². The lowest BCUT2D eigenvalue weighted by molar-refractivity contribution is 0.0740. The maximum Gasteiger partial charge on any atom is 0.188 e. The molecule has 0 aromatic heterocycles. The summed E-state index contributed by atoms with van der Waals surface area (Å²) in [4.78, 5) is 7.01. The highest BCUT2D eigenvalue weighted by atomic mass is 16.5.